The third-order valence-electron chi connectivity index (χ3n) is 6.75. The summed E-state index contributed by atoms with van der Waals surface area (Å²) in [4.78, 5) is 38.3. The van der Waals surface area contributed by atoms with Gasteiger partial charge in [0.1, 0.15) is 6.04 Å². The maximum Gasteiger partial charge on any atom is 0.255 e. The maximum atomic E-state index is 13.1. The molecule has 2 saturated heterocycles. The summed E-state index contributed by atoms with van der Waals surface area (Å²) in [7, 11) is 0. The molecule has 0 bridgehead atoms. The molecule has 2 unspecified atom stereocenters. The molecule has 28 heavy (non-hydrogen) atoms. The van der Waals surface area contributed by atoms with Crippen molar-refractivity contribution in [2.45, 2.75) is 57.3 Å². The number of hydrogen-bond acceptors (Lipinski definition) is 5. The zero-order valence-electron chi connectivity index (χ0n) is 15.9. The van der Waals surface area contributed by atoms with Crippen LogP contribution < -0.4 is 16.0 Å². The van der Waals surface area contributed by atoms with Crippen LogP contribution in [-0.4, -0.2) is 47.8 Å². The van der Waals surface area contributed by atoms with E-state index in [0.717, 1.165) is 29.8 Å². The van der Waals surface area contributed by atoms with Gasteiger partial charge in [0.2, 0.25) is 11.8 Å². The van der Waals surface area contributed by atoms with Crippen LogP contribution in [0.15, 0.2) is 18.2 Å². The Labute approximate surface area is 164 Å². The second kappa shape index (κ2) is 6.67. The van der Waals surface area contributed by atoms with Gasteiger partial charge in [-0.3, -0.25) is 19.7 Å². The molecule has 1 aromatic carbocycles. The Balaban J connectivity index is 1.25. The van der Waals surface area contributed by atoms with Gasteiger partial charge in [0.05, 0.1) is 0 Å². The highest BCUT2D eigenvalue weighted by Crippen LogP contribution is 2.51. The first-order chi connectivity index (χ1) is 13.5. The van der Waals surface area contributed by atoms with Crippen LogP contribution in [0.4, 0.5) is 0 Å². The van der Waals surface area contributed by atoms with Gasteiger partial charge < -0.3 is 15.5 Å². The van der Waals surface area contributed by atoms with Gasteiger partial charge in [0, 0.05) is 44.2 Å². The molecule has 2 atom stereocenters. The van der Waals surface area contributed by atoms with Crippen molar-refractivity contribution in [3.63, 3.8) is 0 Å². The molecular formula is C21H26N4O3. The zero-order chi connectivity index (χ0) is 19.3. The molecule has 1 saturated carbocycles. The van der Waals surface area contributed by atoms with Gasteiger partial charge in [-0.2, -0.15) is 0 Å². The normalized spacial score (nSPS) is 28.0. The first-order valence-electron chi connectivity index (χ1n) is 10.2. The molecule has 3 aliphatic heterocycles. The van der Waals surface area contributed by atoms with E-state index in [1.165, 1.54) is 19.3 Å². The Bertz CT molecular complexity index is 848. The molecule has 3 heterocycles. The molecule has 0 radical (unpaired) electrons. The van der Waals surface area contributed by atoms with E-state index >= 15 is 0 Å². The van der Waals surface area contributed by atoms with Crippen LogP contribution in [0.1, 0.15) is 53.6 Å². The lowest BCUT2D eigenvalue weighted by Crippen LogP contribution is -2.52. The molecule has 1 aliphatic carbocycles. The molecule has 4 aliphatic rings. The monoisotopic (exact) mass is 382 g/mol. The van der Waals surface area contributed by atoms with Crippen molar-refractivity contribution in [1.82, 2.24) is 20.9 Å². The van der Waals surface area contributed by atoms with Crippen LogP contribution in [0.2, 0.25) is 0 Å². The SMILES string of the molecule is O=C1CCC(N2Cc3cccc(CNCC4CC5(CC5)CN4)c3C2=O)C(=O)N1. The Kier molecular flexibility index (Phi) is 4.25. The molecular weight excluding hydrogens is 356 g/mol. The van der Waals surface area contributed by atoms with E-state index in [4.69, 9.17) is 0 Å². The lowest BCUT2D eigenvalue weighted by atomic mass is 10.0. The average Bonchev–Trinajstić information content (AvgIpc) is 3.17. The number of fused-ring (bicyclic) bond motifs is 1. The second-order valence-electron chi connectivity index (χ2n) is 8.76. The highest BCUT2D eigenvalue weighted by Gasteiger charge is 2.48. The van der Waals surface area contributed by atoms with Gasteiger partial charge in [-0.05, 0) is 42.2 Å². The van der Waals surface area contributed by atoms with Crippen molar-refractivity contribution in [2.24, 2.45) is 5.41 Å². The molecule has 7 nitrogen and oxygen atoms in total. The zero-order valence-corrected chi connectivity index (χ0v) is 15.9. The molecule has 1 spiro atoms. The van der Waals surface area contributed by atoms with Crippen molar-refractivity contribution >= 4 is 17.7 Å². The first kappa shape index (κ1) is 17.8. The van der Waals surface area contributed by atoms with Gasteiger partial charge >= 0.3 is 0 Å². The third kappa shape index (κ3) is 3.12. The van der Waals surface area contributed by atoms with Crippen molar-refractivity contribution in [2.75, 3.05) is 13.1 Å². The van der Waals surface area contributed by atoms with Gasteiger partial charge in [-0.1, -0.05) is 18.2 Å². The summed E-state index contributed by atoms with van der Waals surface area (Å²) in [5.74, 6) is -0.722. The van der Waals surface area contributed by atoms with Crippen molar-refractivity contribution in [3.05, 3.63) is 34.9 Å². The maximum absolute atomic E-state index is 13.1. The number of hydrogen-bond donors (Lipinski definition) is 3. The van der Waals surface area contributed by atoms with Gasteiger partial charge in [0.25, 0.3) is 5.91 Å². The number of imide groups is 1. The number of nitrogens with zero attached hydrogens (tertiary/aromatic N) is 1. The standard InChI is InChI=1S/C21H26N4O3/c26-17-5-4-16(19(27)24-17)25-11-14-3-1-2-13(18(14)20(25)28)9-22-10-15-8-21(6-7-21)12-23-15/h1-3,15-16,22-23H,4-12H2,(H,24,26,27). The Hall–Kier alpha value is -2.25. The molecule has 3 amide bonds. The largest absolute Gasteiger partial charge is 0.322 e. The van der Waals surface area contributed by atoms with Gasteiger partial charge in [-0.15, -0.1) is 0 Å². The lowest BCUT2D eigenvalue weighted by Gasteiger charge is -2.29. The summed E-state index contributed by atoms with van der Waals surface area (Å²) in [6.45, 7) is 3.11. The predicted octanol–water partition coefficient (Wildman–Crippen LogP) is 0.679. The number of amides is 3. The van der Waals surface area contributed by atoms with E-state index < -0.39 is 6.04 Å². The highest BCUT2D eigenvalue weighted by molar-refractivity contribution is 6.05. The van der Waals surface area contributed by atoms with Crippen LogP contribution >= 0.6 is 0 Å². The third-order valence-corrected chi connectivity index (χ3v) is 6.75. The summed E-state index contributed by atoms with van der Waals surface area (Å²) >= 11 is 0. The number of benzene rings is 1. The highest BCUT2D eigenvalue weighted by atomic mass is 16.2. The first-order valence-corrected chi connectivity index (χ1v) is 10.2. The molecule has 7 heteroatoms. The summed E-state index contributed by atoms with van der Waals surface area (Å²) in [5.41, 5.74) is 3.25. The summed E-state index contributed by atoms with van der Waals surface area (Å²) < 4.78 is 0. The molecule has 148 valence electrons. The molecule has 3 fully saturated rings. The number of piperidine rings is 1. The number of rotatable bonds is 5. The van der Waals surface area contributed by atoms with E-state index in [2.05, 4.69) is 16.0 Å². The Morgan fingerprint density at radius 1 is 1.21 bits per heavy atom. The Morgan fingerprint density at radius 3 is 2.82 bits per heavy atom. The number of carbonyl (C=O) groups excluding carboxylic acids is 3. The minimum absolute atomic E-state index is 0.0992. The smallest absolute Gasteiger partial charge is 0.255 e. The van der Waals surface area contributed by atoms with Gasteiger partial charge in [0.15, 0.2) is 0 Å². The number of carbonyl (C=O) groups is 3. The Morgan fingerprint density at radius 2 is 2.07 bits per heavy atom. The van der Waals surface area contributed by atoms with Crippen molar-refractivity contribution in [3.8, 4) is 0 Å². The molecule has 0 aromatic heterocycles. The van der Waals surface area contributed by atoms with Crippen LogP contribution in [-0.2, 0) is 22.7 Å². The minimum atomic E-state index is -0.559. The van der Waals surface area contributed by atoms with Crippen molar-refractivity contribution in [1.29, 1.82) is 0 Å². The van der Waals surface area contributed by atoms with E-state index in [1.54, 1.807) is 4.90 Å². The summed E-state index contributed by atoms with van der Waals surface area (Å²) in [5, 5.41) is 9.47. The second-order valence-corrected chi connectivity index (χ2v) is 8.76. The fraction of sp³-hybridized carbons (Fsp3) is 0.571. The van der Waals surface area contributed by atoms with Crippen LogP contribution in [0.3, 0.4) is 0 Å². The van der Waals surface area contributed by atoms with Crippen LogP contribution in [0.25, 0.3) is 0 Å². The van der Waals surface area contributed by atoms with Crippen LogP contribution in [0, 0.1) is 5.41 Å². The average molecular weight is 382 g/mol. The van der Waals surface area contributed by atoms with Crippen molar-refractivity contribution < 1.29 is 14.4 Å². The topological polar surface area (TPSA) is 90.5 Å². The fourth-order valence-electron chi connectivity index (χ4n) is 4.95. The summed E-state index contributed by atoms with van der Waals surface area (Å²) in [6.07, 6.45) is 4.63. The summed E-state index contributed by atoms with van der Waals surface area (Å²) in [6, 6.07) is 5.87. The number of nitrogens with one attached hydrogen (secondary N) is 3. The lowest BCUT2D eigenvalue weighted by molar-refractivity contribution is -0.136. The van der Waals surface area contributed by atoms with E-state index in [1.807, 2.05) is 18.2 Å². The fourth-order valence-corrected chi connectivity index (χ4v) is 4.95. The van der Waals surface area contributed by atoms with E-state index in [-0.39, 0.29) is 24.1 Å². The quantitative estimate of drug-likeness (QED) is 0.652. The molecule has 1 aromatic rings. The minimum Gasteiger partial charge on any atom is -0.322 e. The predicted molar refractivity (Wildman–Crippen MR) is 102 cm³/mol. The van der Waals surface area contributed by atoms with Gasteiger partial charge in [-0.25, -0.2) is 0 Å². The van der Waals surface area contributed by atoms with Crippen LogP contribution in [0.5, 0.6) is 0 Å². The van der Waals surface area contributed by atoms with E-state index in [9.17, 15) is 14.4 Å². The molecule has 3 N–H and O–H groups in total. The van der Waals surface area contributed by atoms with E-state index in [0.29, 0.717) is 31.0 Å². The molecule has 5 rings (SSSR count).